The largest absolute Gasteiger partial charge is 0.342 e. The van der Waals surface area contributed by atoms with E-state index in [1.807, 2.05) is 13.8 Å². The maximum Gasteiger partial charge on any atom is 0.250 e. The van der Waals surface area contributed by atoms with Crippen LogP contribution >= 0.6 is 11.6 Å². The third-order valence-electron chi connectivity index (χ3n) is 3.61. The summed E-state index contributed by atoms with van der Waals surface area (Å²) in [5.74, 6) is -2.76. The minimum atomic E-state index is -0.967. The summed E-state index contributed by atoms with van der Waals surface area (Å²) >= 11 is 5.84. The van der Waals surface area contributed by atoms with Crippen molar-refractivity contribution in [3.63, 3.8) is 0 Å². The van der Waals surface area contributed by atoms with Gasteiger partial charge in [0.15, 0.2) is 5.82 Å². The van der Waals surface area contributed by atoms with Gasteiger partial charge in [-0.1, -0.05) is 31.9 Å². The quantitative estimate of drug-likeness (QED) is 0.931. The van der Waals surface area contributed by atoms with Gasteiger partial charge in [0, 0.05) is 6.07 Å². The van der Waals surface area contributed by atoms with Crippen molar-refractivity contribution in [2.75, 3.05) is 11.4 Å². The van der Waals surface area contributed by atoms with Crippen molar-refractivity contribution >= 4 is 29.1 Å². The smallest absolute Gasteiger partial charge is 0.250 e. The molecule has 1 heterocycles. The number of halogens is 3. The molecule has 0 saturated carbocycles. The lowest BCUT2D eigenvalue weighted by atomic mass is 9.96. The lowest BCUT2D eigenvalue weighted by Gasteiger charge is -2.35. The molecule has 0 aliphatic carbocycles. The number of hydrogen-bond acceptors (Lipinski definition) is 2. The highest BCUT2D eigenvalue weighted by atomic mass is 35.5. The van der Waals surface area contributed by atoms with Crippen molar-refractivity contribution in [1.29, 1.82) is 0 Å². The molecule has 0 aromatic heterocycles. The third kappa shape index (κ3) is 3.00. The van der Waals surface area contributed by atoms with Crippen LogP contribution in [0.25, 0.3) is 0 Å². The predicted molar refractivity (Wildman–Crippen MR) is 75.1 cm³/mol. The lowest BCUT2D eigenvalue weighted by Crippen LogP contribution is -2.60. The van der Waals surface area contributed by atoms with Gasteiger partial charge < -0.3 is 5.32 Å². The summed E-state index contributed by atoms with van der Waals surface area (Å²) in [6, 6.07) is 0.814. The van der Waals surface area contributed by atoms with Crippen LogP contribution in [0.2, 0.25) is 5.02 Å². The highest BCUT2D eigenvalue weighted by Gasteiger charge is 2.38. The van der Waals surface area contributed by atoms with Crippen LogP contribution in [-0.4, -0.2) is 24.4 Å². The highest BCUT2D eigenvalue weighted by molar-refractivity contribution is 6.34. The number of amides is 2. The first-order valence-electron chi connectivity index (χ1n) is 6.60. The number of carbonyl (C=O) groups is 2. The Bertz CT molecular complexity index is 571. The van der Waals surface area contributed by atoms with Crippen molar-refractivity contribution in [2.24, 2.45) is 5.92 Å². The second-order valence-corrected chi connectivity index (χ2v) is 5.48. The molecule has 0 radical (unpaired) electrons. The molecular formula is C14H15ClF2N2O2. The van der Waals surface area contributed by atoms with E-state index in [1.54, 1.807) is 0 Å². The molecule has 1 aliphatic heterocycles. The summed E-state index contributed by atoms with van der Waals surface area (Å²) in [5.41, 5.74) is -0.258. The molecule has 1 aromatic carbocycles. The van der Waals surface area contributed by atoms with Gasteiger partial charge in [0.25, 0.3) is 0 Å². The normalized spacial score (nSPS) is 20.4. The number of nitrogens with one attached hydrogen (secondary N) is 1. The Morgan fingerprint density at radius 3 is 2.67 bits per heavy atom. The average Bonchev–Trinajstić information content (AvgIpc) is 2.40. The van der Waals surface area contributed by atoms with E-state index in [9.17, 15) is 18.4 Å². The molecular weight excluding hydrogens is 302 g/mol. The zero-order chi connectivity index (χ0) is 15.7. The second kappa shape index (κ2) is 5.97. The Morgan fingerprint density at radius 2 is 2.10 bits per heavy atom. The van der Waals surface area contributed by atoms with Crippen LogP contribution in [0.1, 0.15) is 20.3 Å². The first kappa shape index (κ1) is 15.7. The van der Waals surface area contributed by atoms with E-state index >= 15 is 0 Å². The Labute approximate surface area is 126 Å². The fraction of sp³-hybridized carbons (Fsp3) is 0.429. The predicted octanol–water partition coefficient (Wildman–Crippen LogP) is 2.50. The molecule has 2 atom stereocenters. The van der Waals surface area contributed by atoms with Crippen LogP contribution in [0.3, 0.4) is 0 Å². The SMILES string of the molecule is CCC(C)C1NC(=O)CN(c2c(F)cc(F)cc2Cl)C1=O. The first-order valence-corrected chi connectivity index (χ1v) is 6.98. The van der Waals surface area contributed by atoms with Crippen LogP contribution in [0, 0.1) is 17.6 Å². The van der Waals surface area contributed by atoms with Crippen molar-refractivity contribution in [3.05, 3.63) is 28.8 Å². The number of carbonyl (C=O) groups excluding carboxylic acids is 2. The minimum Gasteiger partial charge on any atom is -0.342 e. The summed E-state index contributed by atoms with van der Waals surface area (Å²) in [7, 11) is 0. The zero-order valence-electron chi connectivity index (χ0n) is 11.6. The molecule has 0 spiro atoms. The summed E-state index contributed by atoms with van der Waals surface area (Å²) in [6.07, 6.45) is 0.671. The van der Waals surface area contributed by atoms with Crippen molar-refractivity contribution in [3.8, 4) is 0 Å². The molecule has 114 valence electrons. The van der Waals surface area contributed by atoms with Crippen LogP contribution in [0.15, 0.2) is 12.1 Å². The molecule has 4 nitrogen and oxygen atoms in total. The van der Waals surface area contributed by atoms with E-state index in [0.29, 0.717) is 12.5 Å². The van der Waals surface area contributed by atoms with Crippen LogP contribution < -0.4 is 10.2 Å². The van der Waals surface area contributed by atoms with Gasteiger partial charge in [-0.25, -0.2) is 8.78 Å². The summed E-state index contributed by atoms with van der Waals surface area (Å²) in [6.45, 7) is 3.36. The maximum atomic E-state index is 14.0. The van der Waals surface area contributed by atoms with Crippen LogP contribution in [-0.2, 0) is 9.59 Å². The first-order chi connectivity index (χ1) is 9.85. The minimum absolute atomic E-state index is 0.105. The summed E-state index contributed by atoms with van der Waals surface area (Å²) in [5, 5.41) is 2.36. The van der Waals surface area contributed by atoms with Gasteiger partial charge in [0.05, 0.1) is 10.7 Å². The Hall–Kier alpha value is -1.69. The number of rotatable bonds is 3. The van der Waals surface area contributed by atoms with Crippen molar-refractivity contribution < 1.29 is 18.4 Å². The average molecular weight is 317 g/mol. The highest BCUT2D eigenvalue weighted by Crippen LogP contribution is 2.32. The van der Waals surface area contributed by atoms with Gasteiger partial charge >= 0.3 is 0 Å². The molecule has 1 fully saturated rings. The Kier molecular flexibility index (Phi) is 4.46. The third-order valence-corrected chi connectivity index (χ3v) is 3.90. The molecule has 2 rings (SSSR count). The van der Waals surface area contributed by atoms with Crippen molar-refractivity contribution in [2.45, 2.75) is 26.3 Å². The zero-order valence-corrected chi connectivity index (χ0v) is 12.4. The van der Waals surface area contributed by atoms with Gasteiger partial charge in [0.2, 0.25) is 11.8 Å². The topological polar surface area (TPSA) is 49.4 Å². The number of benzene rings is 1. The lowest BCUT2D eigenvalue weighted by molar-refractivity contribution is -0.132. The fourth-order valence-corrected chi connectivity index (χ4v) is 2.57. The molecule has 0 bridgehead atoms. The van der Waals surface area contributed by atoms with E-state index in [2.05, 4.69) is 5.32 Å². The van der Waals surface area contributed by atoms with Crippen LogP contribution in [0.4, 0.5) is 14.5 Å². The summed E-state index contributed by atoms with van der Waals surface area (Å²) in [4.78, 5) is 25.2. The Balaban J connectivity index is 2.43. The van der Waals surface area contributed by atoms with E-state index < -0.39 is 29.5 Å². The van der Waals surface area contributed by atoms with E-state index in [4.69, 9.17) is 11.6 Å². The molecule has 1 aromatic rings. The van der Waals surface area contributed by atoms with Gasteiger partial charge in [-0.05, 0) is 12.0 Å². The molecule has 7 heteroatoms. The fourth-order valence-electron chi connectivity index (χ4n) is 2.27. The van der Waals surface area contributed by atoms with Gasteiger partial charge in [-0.15, -0.1) is 0 Å². The van der Waals surface area contributed by atoms with Gasteiger partial charge in [-0.2, -0.15) is 0 Å². The molecule has 1 saturated heterocycles. The van der Waals surface area contributed by atoms with Gasteiger partial charge in [0.1, 0.15) is 18.4 Å². The monoisotopic (exact) mass is 316 g/mol. The maximum absolute atomic E-state index is 14.0. The summed E-state index contributed by atoms with van der Waals surface area (Å²) < 4.78 is 27.1. The number of hydrogen-bond donors (Lipinski definition) is 1. The van der Waals surface area contributed by atoms with E-state index in [1.165, 1.54) is 0 Å². The van der Waals surface area contributed by atoms with Gasteiger partial charge in [-0.3, -0.25) is 14.5 Å². The van der Waals surface area contributed by atoms with E-state index in [0.717, 1.165) is 11.0 Å². The number of nitrogens with zero attached hydrogens (tertiary/aromatic N) is 1. The molecule has 2 amide bonds. The van der Waals surface area contributed by atoms with E-state index in [-0.39, 0.29) is 23.2 Å². The standard InChI is InChI=1S/C14H15ClF2N2O2/c1-3-7(2)12-14(21)19(6-11(20)18-12)13-9(15)4-8(16)5-10(13)17/h4-5,7,12H,3,6H2,1-2H3,(H,18,20). The molecule has 2 unspecified atom stereocenters. The number of anilines is 1. The van der Waals surface area contributed by atoms with Crippen LogP contribution in [0.5, 0.6) is 0 Å². The Morgan fingerprint density at radius 1 is 1.43 bits per heavy atom. The number of piperazine rings is 1. The molecule has 1 N–H and O–H groups in total. The molecule has 1 aliphatic rings. The van der Waals surface area contributed by atoms with Crippen molar-refractivity contribution in [1.82, 2.24) is 5.32 Å². The second-order valence-electron chi connectivity index (χ2n) is 5.07. The molecule has 21 heavy (non-hydrogen) atoms.